The molecule has 23 atom stereocenters. The van der Waals surface area contributed by atoms with Crippen LogP contribution in [-0.2, 0) is 68.5 Å². The number of fused-ring (bicyclic) bond motifs is 14. The molecule has 9 aliphatic heterocycles. The standard InChI is InChI=1S/C92H100ClN9O34/c1-36(2)8-6-4-5-7-9-64(111)97-72-78(116)75(113)62(33-104)133-91(72)136-82-59-27-44-28-60(82)130-56-17-13-41(25-51(56)93)81(135-90-71(95-37(3)106)77(115)74(112)61(32-103)132-90)73-88(124)101-70(89(125)126)50-30-46(108)31-58(131-92-80(118)79(117)76(114)63(34-105)134-92)65(50)49-24-40(12-14-53(49)109)67(85(121)102-73)99-87(123)69(44)100-86(122)68-43-22-45(107)29-47(23-43)128-57-26-39(11-15-54(57)110)66(94)84(120)96-52(83(119)98-68)21-38-10-16-55(129-59)48(20-38)42-18-19-127-35-42/h10-20,22-31,35-36,52,61-63,66-81,90-92,103-105,107-110,112-118H,4-9,21,32-34,94H2,1-3H3,(H,95,106)(H,96,120)(H,97,111)(H,98,119)(H,99,123)(H,100,122)(H,101,124)(H,102,121)(H,125,126)/t52-,61-,62-,63-,66-,67-,68+,69-,70+,71-,72-,73+,74-,75-,76-,77-,78-,79+,80+,81-,90+,91+,92+/m1/s1. The maximum Gasteiger partial charge on any atom is 0.330 e. The van der Waals surface area contributed by atoms with Gasteiger partial charge in [0.2, 0.25) is 65.6 Å². The number of aromatic hydroxyl groups is 4. The maximum absolute atomic E-state index is 17.2. The van der Waals surface area contributed by atoms with Gasteiger partial charge in [0.25, 0.3) is 0 Å². The van der Waals surface area contributed by atoms with E-state index in [-0.39, 0.29) is 51.5 Å². The van der Waals surface area contributed by atoms with Gasteiger partial charge in [-0.05, 0) is 131 Å². The lowest BCUT2D eigenvalue weighted by molar-refractivity contribution is -0.284. The third kappa shape index (κ3) is 20.8. The number of furan rings is 1. The first-order valence-corrected chi connectivity index (χ1v) is 43.8. The molecule has 8 aromatic rings. The topological polar surface area (TPSA) is 676 Å². The van der Waals surface area contributed by atoms with Crippen LogP contribution in [0.15, 0.2) is 138 Å². The molecular formula is C92H100ClN9O34. The molecule has 0 radical (unpaired) electrons. The molecule has 25 N–H and O–H groups in total. The first kappa shape index (κ1) is 97.5. The van der Waals surface area contributed by atoms with E-state index in [4.69, 9.17) is 64.4 Å². The van der Waals surface area contributed by atoms with E-state index in [0.29, 0.717) is 18.8 Å². The SMILES string of the molecule is CC(=O)N[C@H]1[C@H](O[C@@H]2c3ccc(c(Cl)c3)Oc3cc4cc(c3O[C@@H]3O[C@H](CO)[C@@H](O)[C@H](O)[C@H]3NC(=O)CCCCCCC(C)C)Oc3ccc(cc3-c3ccoc3)C[C@H]3NC(=O)[C@H](N)c5ccc(O)c(c5)Oc5cc(O)cc(c5)[C@H](NC3=O)C(=O)N[C@H]4C(=O)N[C@H]3C(=O)N[C@@H]2C(=O)N[C@H](C(=O)O)c2cc(O)cc(O[C@H]4O[C@H](CO)[C@@H](O)[C@H](O)[C@@H]4O)c2-c2cc3ccc2O)O[C@H](CO)[C@@H](O)[C@@H]1O. The normalized spacial score (nSPS) is 28.4. The Balaban J connectivity index is 1.01. The third-order valence-electron chi connectivity index (χ3n) is 24.3. The van der Waals surface area contributed by atoms with Crippen LogP contribution in [0.4, 0.5) is 0 Å². The Kier molecular flexibility index (Phi) is 29.6. The summed E-state index contributed by atoms with van der Waals surface area (Å²) in [4.78, 5) is 139. The first-order chi connectivity index (χ1) is 64.9. The highest BCUT2D eigenvalue weighted by Gasteiger charge is 2.52. The maximum atomic E-state index is 17.2. The van der Waals surface area contributed by atoms with Crippen molar-refractivity contribution in [2.24, 2.45) is 11.7 Å². The molecule has 0 spiro atoms. The number of halogens is 1. The molecule has 3 saturated heterocycles. The average molecular weight is 1910 g/mol. The monoisotopic (exact) mass is 1910 g/mol. The van der Waals surface area contributed by atoms with E-state index in [0.717, 1.165) is 111 Å². The van der Waals surface area contributed by atoms with Gasteiger partial charge in [0, 0.05) is 59.7 Å². The molecule has 724 valence electrons. The van der Waals surface area contributed by atoms with E-state index in [1.165, 1.54) is 48.9 Å². The van der Waals surface area contributed by atoms with Crippen LogP contribution < -0.4 is 72.0 Å². The summed E-state index contributed by atoms with van der Waals surface area (Å²) >= 11 is 7.52. The Morgan fingerprint density at radius 2 is 1.10 bits per heavy atom. The number of ether oxygens (including phenoxy) is 9. The van der Waals surface area contributed by atoms with E-state index < -0.39 is 310 Å². The second-order valence-electron chi connectivity index (χ2n) is 34.3. The lowest BCUT2D eigenvalue weighted by Gasteiger charge is -2.44. The molecule has 7 aromatic carbocycles. The van der Waals surface area contributed by atoms with E-state index in [9.17, 15) is 95.8 Å². The van der Waals surface area contributed by atoms with Crippen molar-refractivity contribution in [3.63, 3.8) is 0 Å². The van der Waals surface area contributed by atoms with Crippen LogP contribution in [0.25, 0.3) is 22.3 Å². The fourth-order valence-corrected chi connectivity index (χ4v) is 17.4. The number of aliphatic carboxylic acids is 1. The first-order valence-electron chi connectivity index (χ1n) is 43.4. The van der Waals surface area contributed by atoms with Gasteiger partial charge in [0.05, 0.1) is 37.4 Å². The van der Waals surface area contributed by atoms with Crippen molar-refractivity contribution in [3.05, 3.63) is 178 Å². The zero-order chi connectivity index (χ0) is 97.3. The molecule has 8 amide bonds. The number of hydrogen-bond donors (Lipinski definition) is 24. The van der Waals surface area contributed by atoms with E-state index >= 15 is 24.0 Å². The number of phenolic OH excluding ortho intramolecular Hbond substituents is 4. The minimum absolute atomic E-state index is 0.0306. The van der Waals surface area contributed by atoms with Crippen LogP contribution in [0.2, 0.25) is 5.02 Å². The van der Waals surface area contributed by atoms with Crippen LogP contribution in [0, 0.1) is 5.92 Å². The van der Waals surface area contributed by atoms with Gasteiger partial charge in [-0.2, -0.15) is 0 Å². The zero-order valence-corrected chi connectivity index (χ0v) is 73.3. The summed E-state index contributed by atoms with van der Waals surface area (Å²) in [6.45, 7) is 1.97. The number of nitrogens with two attached hydrogens (primary N) is 1. The third-order valence-corrected chi connectivity index (χ3v) is 24.6. The van der Waals surface area contributed by atoms with Gasteiger partial charge in [0.1, 0.15) is 156 Å². The number of rotatable bonds is 20. The van der Waals surface area contributed by atoms with Crippen molar-refractivity contribution in [3.8, 4) is 91.2 Å². The number of benzene rings is 7. The summed E-state index contributed by atoms with van der Waals surface area (Å²) in [6.07, 6.45) is -23.4. The lowest BCUT2D eigenvalue weighted by atomic mass is 9.89. The van der Waals surface area contributed by atoms with Crippen LogP contribution in [0.5, 0.6) is 69.0 Å². The summed E-state index contributed by atoms with van der Waals surface area (Å²) < 4.78 is 63.8. The number of carbonyl (C=O) groups is 9. The minimum Gasteiger partial charge on any atom is -0.508 e. The number of carbonyl (C=O) groups excluding carboxylic acids is 8. The quantitative estimate of drug-likeness (QED) is 0.0482. The van der Waals surface area contributed by atoms with Gasteiger partial charge in [-0.15, -0.1) is 0 Å². The van der Waals surface area contributed by atoms with Crippen LogP contribution >= 0.6 is 11.6 Å². The second-order valence-corrected chi connectivity index (χ2v) is 34.7. The predicted molar refractivity (Wildman–Crippen MR) is 466 cm³/mol. The summed E-state index contributed by atoms with van der Waals surface area (Å²) in [5, 5.41) is 192. The molecule has 44 heteroatoms. The summed E-state index contributed by atoms with van der Waals surface area (Å²) in [6, 6.07) is 2.69. The molecule has 1 aromatic heterocycles. The molecule has 43 nitrogen and oxygen atoms in total. The minimum atomic E-state index is -2.60. The van der Waals surface area contributed by atoms with Gasteiger partial charge < -0.3 is 172 Å². The van der Waals surface area contributed by atoms with Crippen LogP contribution in [0.3, 0.4) is 0 Å². The highest BCUT2D eigenvalue weighted by molar-refractivity contribution is 6.32. The molecule has 9 aliphatic rings. The number of aliphatic hydroxyl groups is 10. The van der Waals surface area contributed by atoms with Gasteiger partial charge in [-0.3, -0.25) is 38.4 Å². The fourth-order valence-electron chi connectivity index (χ4n) is 17.2. The number of phenols is 4. The second kappa shape index (κ2) is 41.2. The van der Waals surface area contributed by atoms with E-state index in [2.05, 4.69) is 56.4 Å². The van der Waals surface area contributed by atoms with Crippen molar-refractivity contribution in [1.29, 1.82) is 0 Å². The van der Waals surface area contributed by atoms with Crippen molar-refractivity contribution >= 4 is 64.8 Å². The Morgan fingerprint density at radius 1 is 0.515 bits per heavy atom. The largest absolute Gasteiger partial charge is 0.508 e. The summed E-state index contributed by atoms with van der Waals surface area (Å²) in [5.74, 6) is -18.9. The van der Waals surface area contributed by atoms with Crippen LogP contribution in [-0.4, -0.2) is 254 Å². The lowest BCUT2D eigenvalue weighted by Crippen LogP contribution is -2.65. The molecule has 136 heavy (non-hydrogen) atoms. The molecule has 17 rings (SSSR count). The Labute approximate surface area is 777 Å². The van der Waals surface area contributed by atoms with Crippen molar-refractivity contribution in [1.82, 2.24) is 42.5 Å². The molecule has 3 fully saturated rings. The van der Waals surface area contributed by atoms with Crippen LogP contribution in [0.1, 0.15) is 135 Å². The molecular weight excluding hydrogens is 1810 g/mol. The summed E-state index contributed by atoms with van der Waals surface area (Å²) in [7, 11) is 0. The Morgan fingerprint density at radius 3 is 1.76 bits per heavy atom. The number of amides is 8. The number of carboxylic acids is 1. The number of hydrogen-bond acceptors (Lipinski definition) is 34. The highest BCUT2D eigenvalue weighted by atomic mass is 35.5. The Bertz CT molecular complexity index is 5850. The van der Waals surface area contributed by atoms with E-state index in [1.54, 1.807) is 0 Å². The zero-order valence-electron chi connectivity index (χ0n) is 72.5. The number of aliphatic hydroxyl groups excluding tert-OH is 10. The Hall–Kier alpha value is -13.1. The number of unbranched alkanes of at least 4 members (excludes halogenated alkanes) is 3. The molecule has 0 aliphatic carbocycles. The fraction of sp³-hybridized carbons (Fsp3) is 0.402. The molecule has 10 heterocycles. The molecule has 17 bridgehead atoms. The van der Waals surface area contributed by atoms with Crippen molar-refractivity contribution in [2.45, 2.75) is 206 Å². The van der Waals surface area contributed by atoms with Crippen molar-refractivity contribution < 1.29 is 167 Å². The molecule has 0 unspecified atom stereocenters. The number of carboxylic acid groups (broad SMARTS) is 1. The number of nitrogens with one attached hydrogen (secondary N) is 8. The van der Waals surface area contributed by atoms with Gasteiger partial charge in [-0.25, -0.2) is 4.79 Å². The van der Waals surface area contributed by atoms with E-state index in [1.807, 2.05) is 0 Å². The van der Waals surface area contributed by atoms with Gasteiger partial charge in [-0.1, -0.05) is 75.4 Å². The summed E-state index contributed by atoms with van der Waals surface area (Å²) in [5.41, 5.74) is 3.28. The smallest absolute Gasteiger partial charge is 0.330 e. The molecule has 0 saturated carbocycles. The van der Waals surface area contributed by atoms with Gasteiger partial charge in [0.15, 0.2) is 35.3 Å². The van der Waals surface area contributed by atoms with Gasteiger partial charge >= 0.3 is 5.97 Å². The predicted octanol–water partition coefficient (Wildman–Crippen LogP) is 1.63. The highest BCUT2D eigenvalue weighted by Crippen LogP contribution is 2.52. The average Bonchev–Trinajstić information content (AvgIpc) is 0.763. The van der Waals surface area contributed by atoms with Crippen molar-refractivity contribution in [2.75, 3.05) is 19.8 Å².